The van der Waals surface area contributed by atoms with Crippen molar-refractivity contribution in [2.45, 2.75) is 38.5 Å². The minimum absolute atomic E-state index is 0.207. The molecular formula is C24H28N2O2S. The Morgan fingerprint density at radius 3 is 2.59 bits per heavy atom. The van der Waals surface area contributed by atoms with Crippen LogP contribution >= 0.6 is 11.3 Å². The smallest absolute Gasteiger partial charge is 0.224 e. The first-order valence-electron chi connectivity index (χ1n) is 10.4. The molecule has 1 aliphatic heterocycles. The highest BCUT2D eigenvalue weighted by Crippen LogP contribution is 2.39. The Labute approximate surface area is 176 Å². The Morgan fingerprint density at radius 1 is 1.14 bits per heavy atom. The summed E-state index contributed by atoms with van der Waals surface area (Å²) in [5.74, 6) is 0.339. The van der Waals surface area contributed by atoms with Gasteiger partial charge in [-0.25, -0.2) is 0 Å². The Balaban J connectivity index is 1.47. The fraction of sp³-hybridized carbons (Fsp3) is 0.417. The van der Waals surface area contributed by atoms with Crippen LogP contribution in [0, 0.1) is 11.3 Å². The van der Waals surface area contributed by atoms with Crippen molar-refractivity contribution in [1.82, 2.24) is 4.90 Å². The van der Waals surface area contributed by atoms with Crippen LogP contribution in [-0.4, -0.2) is 29.8 Å². The first-order chi connectivity index (χ1) is 14.1. The van der Waals surface area contributed by atoms with Crippen LogP contribution in [0.15, 0.2) is 53.9 Å². The van der Waals surface area contributed by atoms with E-state index in [0.29, 0.717) is 44.7 Å². The Kier molecular flexibility index (Phi) is 5.86. The predicted octanol–water partition coefficient (Wildman–Crippen LogP) is 4.41. The van der Waals surface area contributed by atoms with Crippen LogP contribution in [0.2, 0.25) is 0 Å². The number of nitrogens with two attached hydrogens (primary N) is 1. The van der Waals surface area contributed by atoms with E-state index in [9.17, 15) is 9.59 Å². The summed E-state index contributed by atoms with van der Waals surface area (Å²) in [7, 11) is 0. The molecule has 0 spiro atoms. The minimum atomic E-state index is -0.586. The molecular weight excluding hydrogens is 380 g/mol. The number of thiophene rings is 1. The molecule has 5 heteroatoms. The van der Waals surface area contributed by atoms with Crippen molar-refractivity contribution >= 4 is 23.2 Å². The summed E-state index contributed by atoms with van der Waals surface area (Å²) >= 11 is 1.70. The van der Waals surface area contributed by atoms with E-state index in [-0.39, 0.29) is 11.8 Å². The van der Waals surface area contributed by atoms with Crippen LogP contribution in [0.5, 0.6) is 0 Å². The van der Waals surface area contributed by atoms with Gasteiger partial charge in [0.2, 0.25) is 11.8 Å². The molecule has 1 aromatic heterocycles. The number of likely N-dealkylation sites (tertiary alicyclic amines) is 1. The molecule has 0 radical (unpaired) electrons. The van der Waals surface area contributed by atoms with Crippen LogP contribution in [0.25, 0.3) is 10.4 Å². The molecule has 2 aromatic rings. The van der Waals surface area contributed by atoms with Crippen molar-refractivity contribution in [3.8, 4) is 10.4 Å². The second kappa shape index (κ2) is 8.54. The maximum absolute atomic E-state index is 12.7. The van der Waals surface area contributed by atoms with E-state index in [1.165, 1.54) is 10.4 Å². The van der Waals surface area contributed by atoms with E-state index < -0.39 is 5.41 Å². The van der Waals surface area contributed by atoms with Crippen molar-refractivity contribution < 1.29 is 9.59 Å². The van der Waals surface area contributed by atoms with Crippen molar-refractivity contribution in [2.24, 2.45) is 17.1 Å². The third kappa shape index (κ3) is 4.30. The maximum Gasteiger partial charge on any atom is 0.224 e. The van der Waals surface area contributed by atoms with Crippen LogP contribution in [-0.2, 0) is 16.0 Å². The van der Waals surface area contributed by atoms with Crippen LogP contribution in [0.4, 0.5) is 0 Å². The van der Waals surface area contributed by atoms with Crippen molar-refractivity contribution in [1.29, 1.82) is 0 Å². The minimum Gasteiger partial charge on any atom is -0.369 e. The molecule has 0 saturated carbocycles. The SMILES string of the molecule is NC(=O)C1(Cc2ccccc2-c2cccs2)CCN(C(=O)C[C@@H]2C=CCC2)CC1. The van der Waals surface area contributed by atoms with Gasteiger partial charge in [0, 0.05) is 24.4 Å². The number of hydrogen-bond acceptors (Lipinski definition) is 3. The topological polar surface area (TPSA) is 63.4 Å². The van der Waals surface area contributed by atoms with E-state index in [1.54, 1.807) is 11.3 Å². The standard InChI is InChI=1S/C24H28N2O2S/c25-23(28)24(17-19-8-3-4-9-20(19)21-10-5-15-29-21)11-13-26(14-12-24)22(27)16-18-6-1-2-7-18/h1,3-6,8-10,15,18H,2,7,11-14,16-17H2,(H2,25,28)/t18-/m1/s1. The van der Waals surface area contributed by atoms with Gasteiger partial charge in [0.25, 0.3) is 0 Å². The summed E-state index contributed by atoms with van der Waals surface area (Å²) in [5, 5.41) is 2.07. The zero-order valence-electron chi connectivity index (χ0n) is 16.7. The monoisotopic (exact) mass is 408 g/mol. The Bertz CT molecular complexity index is 895. The number of carbonyl (C=O) groups is 2. The lowest BCUT2D eigenvalue weighted by molar-refractivity contribution is -0.139. The van der Waals surface area contributed by atoms with Crippen LogP contribution in [0.3, 0.4) is 0 Å². The van der Waals surface area contributed by atoms with E-state index in [4.69, 9.17) is 5.73 Å². The number of primary amides is 1. The molecule has 1 atom stereocenters. The third-order valence-electron chi connectivity index (χ3n) is 6.48. The summed E-state index contributed by atoms with van der Waals surface area (Å²) in [6.45, 7) is 1.22. The predicted molar refractivity (Wildman–Crippen MR) is 117 cm³/mol. The molecule has 2 N–H and O–H groups in total. The molecule has 1 saturated heterocycles. The lowest BCUT2D eigenvalue weighted by Crippen LogP contribution is -2.50. The van der Waals surface area contributed by atoms with Gasteiger partial charge in [-0.05, 0) is 60.6 Å². The van der Waals surface area contributed by atoms with E-state index >= 15 is 0 Å². The number of rotatable bonds is 6. The van der Waals surface area contributed by atoms with Gasteiger partial charge in [-0.3, -0.25) is 9.59 Å². The van der Waals surface area contributed by atoms with Gasteiger partial charge in [0.05, 0.1) is 5.41 Å². The molecule has 4 rings (SSSR count). The highest BCUT2D eigenvalue weighted by atomic mass is 32.1. The normalized spacial score (nSPS) is 20.7. The summed E-state index contributed by atoms with van der Waals surface area (Å²) in [6, 6.07) is 12.4. The largest absolute Gasteiger partial charge is 0.369 e. The molecule has 0 bridgehead atoms. The molecule has 1 aromatic carbocycles. The number of hydrogen-bond donors (Lipinski definition) is 1. The Hall–Kier alpha value is -2.40. The molecule has 2 aliphatic rings. The van der Waals surface area contributed by atoms with Gasteiger partial charge < -0.3 is 10.6 Å². The second-order valence-electron chi connectivity index (χ2n) is 8.31. The van der Waals surface area contributed by atoms with Crippen LogP contribution < -0.4 is 5.73 Å². The van der Waals surface area contributed by atoms with Crippen LogP contribution in [0.1, 0.15) is 37.7 Å². The van der Waals surface area contributed by atoms with Gasteiger partial charge >= 0.3 is 0 Å². The number of amides is 2. The molecule has 29 heavy (non-hydrogen) atoms. The third-order valence-corrected chi connectivity index (χ3v) is 7.38. The molecule has 2 amide bonds. The molecule has 2 heterocycles. The average molecular weight is 409 g/mol. The number of piperidine rings is 1. The molecule has 1 aliphatic carbocycles. The lowest BCUT2D eigenvalue weighted by Gasteiger charge is -2.40. The molecule has 152 valence electrons. The fourth-order valence-electron chi connectivity index (χ4n) is 4.62. The highest BCUT2D eigenvalue weighted by Gasteiger charge is 2.41. The van der Waals surface area contributed by atoms with Crippen molar-refractivity contribution in [3.63, 3.8) is 0 Å². The summed E-state index contributed by atoms with van der Waals surface area (Å²) in [4.78, 5) is 28.4. The average Bonchev–Trinajstić information content (AvgIpc) is 3.43. The summed E-state index contributed by atoms with van der Waals surface area (Å²) in [5.41, 5.74) is 7.67. The molecule has 0 unspecified atom stereocenters. The zero-order valence-corrected chi connectivity index (χ0v) is 17.5. The fourth-order valence-corrected chi connectivity index (χ4v) is 5.41. The lowest BCUT2D eigenvalue weighted by atomic mass is 9.72. The first-order valence-corrected chi connectivity index (χ1v) is 11.3. The Morgan fingerprint density at radius 2 is 1.93 bits per heavy atom. The second-order valence-corrected chi connectivity index (χ2v) is 9.25. The van der Waals surface area contributed by atoms with Gasteiger partial charge in [-0.15, -0.1) is 11.3 Å². The molecule has 4 nitrogen and oxygen atoms in total. The van der Waals surface area contributed by atoms with E-state index in [1.807, 2.05) is 23.1 Å². The van der Waals surface area contributed by atoms with Gasteiger partial charge in [0.1, 0.15) is 0 Å². The molecule has 1 fully saturated rings. The van der Waals surface area contributed by atoms with Gasteiger partial charge in [-0.2, -0.15) is 0 Å². The zero-order chi connectivity index (χ0) is 20.3. The van der Waals surface area contributed by atoms with Crippen molar-refractivity contribution in [3.05, 3.63) is 59.5 Å². The van der Waals surface area contributed by atoms with E-state index in [2.05, 4.69) is 35.7 Å². The quantitative estimate of drug-likeness (QED) is 0.720. The van der Waals surface area contributed by atoms with E-state index in [0.717, 1.165) is 18.4 Å². The highest BCUT2D eigenvalue weighted by molar-refractivity contribution is 7.13. The number of allylic oxidation sites excluding steroid dienone is 2. The summed E-state index contributed by atoms with van der Waals surface area (Å²) < 4.78 is 0. The number of carbonyl (C=O) groups excluding carboxylic acids is 2. The number of benzene rings is 1. The summed E-state index contributed by atoms with van der Waals surface area (Å²) in [6.07, 6.45) is 8.96. The van der Waals surface area contributed by atoms with Gasteiger partial charge in [-0.1, -0.05) is 42.5 Å². The first kappa shape index (κ1) is 19.9. The van der Waals surface area contributed by atoms with Gasteiger partial charge in [0.15, 0.2) is 0 Å². The number of nitrogens with zero attached hydrogens (tertiary/aromatic N) is 1. The maximum atomic E-state index is 12.7. The van der Waals surface area contributed by atoms with Crippen molar-refractivity contribution in [2.75, 3.05) is 13.1 Å².